The van der Waals surface area contributed by atoms with Crippen molar-refractivity contribution in [1.29, 1.82) is 0 Å². The van der Waals surface area contributed by atoms with Gasteiger partial charge in [0.25, 0.3) is 0 Å². The van der Waals surface area contributed by atoms with Crippen LogP contribution < -0.4 is 10.1 Å². The van der Waals surface area contributed by atoms with Crippen LogP contribution >= 0.6 is 0 Å². The van der Waals surface area contributed by atoms with E-state index in [1.165, 1.54) is 5.56 Å². The lowest BCUT2D eigenvalue weighted by molar-refractivity contribution is -0.122. The Morgan fingerprint density at radius 2 is 1.95 bits per heavy atom. The fourth-order valence-corrected chi connectivity index (χ4v) is 2.74. The SMILES string of the molecule is CCN1CCC(NC(=O)CCc2ccc(OC)cc2)CC1. The highest BCUT2D eigenvalue weighted by Gasteiger charge is 2.19. The lowest BCUT2D eigenvalue weighted by Gasteiger charge is -2.31. The van der Waals surface area contributed by atoms with Crippen LogP contribution in [-0.2, 0) is 11.2 Å². The monoisotopic (exact) mass is 290 g/mol. The third-order valence-corrected chi connectivity index (χ3v) is 4.20. The van der Waals surface area contributed by atoms with Crippen molar-refractivity contribution in [3.05, 3.63) is 29.8 Å². The minimum Gasteiger partial charge on any atom is -0.497 e. The van der Waals surface area contributed by atoms with E-state index in [-0.39, 0.29) is 5.91 Å². The Bertz CT molecular complexity index is 437. The van der Waals surface area contributed by atoms with E-state index >= 15 is 0 Å². The summed E-state index contributed by atoms with van der Waals surface area (Å²) in [5, 5.41) is 3.17. The van der Waals surface area contributed by atoms with Crippen molar-refractivity contribution in [2.45, 2.75) is 38.6 Å². The molecule has 1 aliphatic heterocycles. The number of hydrogen-bond donors (Lipinski definition) is 1. The molecule has 1 aromatic carbocycles. The Hall–Kier alpha value is -1.55. The molecule has 4 heteroatoms. The molecule has 4 nitrogen and oxygen atoms in total. The molecule has 0 unspecified atom stereocenters. The average Bonchev–Trinajstić information content (AvgIpc) is 2.54. The van der Waals surface area contributed by atoms with Crippen molar-refractivity contribution in [2.24, 2.45) is 0 Å². The Morgan fingerprint density at radius 3 is 2.52 bits per heavy atom. The fraction of sp³-hybridized carbons (Fsp3) is 0.588. The van der Waals surface area contributed by atoms with E-state index in [0.717, 1.165) is 44.6 Å². The van der Waals surface area contributed by atoms with Crippen LogP contribution in [0.4, 0.5) is 0 Å². The number of ether oxygens (including phenoxy) is 1. The lowest BCUT2D eigenvalue weighted by atomic mass is 10.0. The van der Waals surface area contributed by atoms with Gasteiger partial charge in [-0.05, 0) is 43.5 Å². The van der Waals surface area contributed by atoms with Gasteiger partial charge in [-0.1, -0.05) is 19.1 Å². The predicted molar refractivity (Wildman–Crippen MR) is 84.6 cm³/mol. The smallest absolute Gasteiger partial charge is 0.220 e. The quantitative estimate of drug-likeness (QED) is 0.873. The van der Waals surface area contributed by atoms with Gasteiger partial charge in [-0.25, -0.2) is 0 Å². The number of methoxy groups -OCH3 is 1. The van der Waals surface area contributed by atoms with Crippen LogP contribution in [0.25, 0.3) is 0 Å². The second-order valence-corrected chi connectivity index (χ2v) is 5.62. The average molecular weight is 290 g/mol. The third kappa shape index (κ3) is 5.05. The van der Waals surface area contributed by atoms with Crippen LogP contribution in [0, 0.1) is 0 Å². The first-order valence-corrected chi connectivity index (χ1v) is 7.86. The minimum atomic E-state index is 0.167. The van der Waals surface area contributed by atoms with E-state index in [1.807, 2.05) is 24.3 Å². The number of aryl methyl sites for hydroxylation is 1. The van der Waals surface area contributed by atoms with E-state index in [4.69, 9.17) is 4.74 Å². The molecule has 1 amide bonds. The lowest BCUT2D eigenvalue weighted by Crippen LogP contribution is -2.44. The second kappa shape index (κ2) is 8.03. The zero-order valence-electron chi connectivity index (χ0n) is 13.1. The van der Waals surface area contributed by atoms with Crippen LogP contribution in [0.3, 0.4) is 0 Å². The molecular formula is C17H26N2O2. The standard InChI is InChI=1S/C17H26N2O2/c1-3-19-12-10-15(11-13-19)18-17(20)9-6-14-4-7-16(21-2)8-5-14/h4-5,7-8,15H,3,6,9-13H2,1-2H3,(H,18,20). The molecule has 0 saturated carbocycles. The van der Waals surface area contributed by atoms with Gasteiger partial charge in [0.2, 0.25) is 5.91 Å². The van der Waals surface area contributed by atoms with Crippen molar-refractivity contribution in [1.82, 2.24) is 10.2 Å². The predicted octanol–water partition coefficient (Wildman–Crippen LogP) is 2.23. The molecule has 0 radical (unpaired) electrons. The summed E-state index contributed by atoms with van der Waals surface area (Å²) in [4.78, 5) is 14.4. The van der Waals surface area contributed by atoms with Crippen LogP contribution in [0.5, 0.6) is 5.75 Å². The summed E-state index contributed by atoms with van der Waals surface area (Å²) < 4.78 is 5.13. The molecule has 1 N–H and O–H groups in total. The Morgan fingerprint density at radius 1 is 1.29 bits per heavy atom. The summed E-state index contributed by atoms with van der Waals surface area (Å²) in [6.07, 6.45) is 3.48. The first-order valence-electron chi connectivity index (χ1n) is 7.86. The molecule has 2 rings (SSSR count). The van der Waals surface area contributed by atoms with E-state index in [1.54, 1.807) is 7.11 Å². The van der Waals surface area contributed by atoms with Crippen molar-refractivity contribution in [2.75, 3.05) is 26.7 Å². The number of piperidine rings is 1. The van der Waals surface area contributed by atoms with Gasteiger partial charge in [0.15, 0.2) is 0 Å². The number of rotatable bonds is 6. The molecule has 0 aliphatic carbocycles. The molecule has 0 aromatic heterocycles. The highest BCUT2D eigenvalue weighted by atomic mass is 16.5. The number of nitrogens with one attached hydrogen (secondary N) is 1. The summed E-state index contributed by atoms with van der Waals surface area (Å²) in [5.41, 5.74) is 1.17. The number of nitrogens with zero attached hydrogens (tertiary/aromatic N) is 1. The first-order chi connectivity index (χ1) is 10.2. The maximum absolute atomic E-state index is 12.0. The van der Waals surface area contributed by atoms with Crippen molar-refractivity contribution >= 4 is 5.91 Å². The fourth-order valence-electron chi connectivity index (χ4n) is 2.74. The Kier molecular flexibility index (Phi) is 6.05. The molecule has 0 atom stereocenters. The van der Waals surface area contributed by atoms with Crippen LogP contribution in [0.15, 0.2) is 24.3 Å². The van der Waals surface area contributed by atoms with Gasteiger partial charge in [-0.3, -0.25) is 4.79 Å². The topological polar surface area (TPSA) is 41.6 Å². The van der Waals surface area contributed by atoms with E-state index < -0.39 is 0 Å². The van der Waals surface area contributed by atoms with Gasteiger partial charge in [0.1, 0.15) is 5.75 Å². The van der Waals surface area contributed by atoms with Gasteiger partial charge < -0.3 is 15.0 Å². The molecule has 1 heterocycles. The van der Waals surface area contributed by atoms with Crippen LogP contribution in [-0.4, -0.2) is 43.6 Å². The molecule has 21 heavy (non-hydrogen) atoms. The molecular weight excluding hydrogens is 264 g/mol. The van der Waals surface area contributed by atoms with Crippen LogP contribution in [0.1, 0.15) is 31.7 Å². The maximum atomic E-state index is 12.0. The number of hydrogen-bond acceptors (Lipinski definition) is 3. The number of amides is 1. The van der Waals surface area contributed by atoms with Crippen LogP contribution in [0.2, 0.25) is 0 Å². The first kappa shape index (κ1) is 15.8. The zero-order chi connectivity index (χ0) is 15.1. The summed E-state index contributed by atoms with van der Waals surface area (Å²) in [7, 11) is 1.66. The zero-order valence-corrected chi connectivity index (χ0v) is 13.1. The Balaban J connectivity index is 1.69. The number of likely N-dealkylation sites (tertiary alicyclic amines) is 1. The summed E-state index contributed by atoms with van der Waals surface area (Å²) in [6.45, 7) is 5.49. The largest absolute Gasteiger partial charge is 0.497 e. The molecule has 1 aliphatic rings. The molecule has 0 bridgehead atoms. The highest BCUT2D eigenvalue weighted by molar-refractivity contribution is 5.76. The third-order valence-electron chi connectivity index (χ3n) is 4.20. The number of carbonyl (C=O) groups is 1. The normalized spacial score (nSPS) is 16.7. The molecule has 1 aromatic rings. The van der Waals surface area contributed by atoms with Crippen molar-refractivity contribution in [3.8, 4) is 5.75 Å². The van der Waals surface area contributed by atoms with Gasteiger partial charge in [-0.15, -0.1) is 0 Å². The summed E-state index contributed by atoms with van der Waals surface area (Å²) >= 11 is 0. The Labute approximate surface area is 127 Å². The second-order valence-electron chi connectivity index (χ2n) is 5.62. The summed E-state index contributed by atoms with van der Waals surface area (Å²) in [6, 6.07) is 8.27. The summed E-state index contributed by atoms with van der Waals surface area (Å²) in [5.74, 6) is 1.02. The maximum Gasteiger partial charge on any atom is 0.220 e. The van der Waals surface area contributed by atoms with Gasteiger partial charge in [0, 0.05) is 25.6 Å². The van der Waals surface area contributed by atoms with Gasteiger partial charge >= 0.3 is 0 Å². The molecule has 1 saturated heterocycles. The molecule has 116 valence electrons. The van der Waals surface area contributed by atoms with Gasteiger partial charge in [-0.2, -0.15) is 0 Å². The molecule has 0 spiro atoms. The number of carbonyl (C=O) groups excluding carboxylic acids is 1. The minimum absolute atomic E-state index is 0.167. The highest BCUT2D eigenvalue weighted by Crippen LogP contribution is 2.13. The van der Waals surface area contributed by atoms with E-state index in [9.17, 15) is 4.79 Å². The van der Waals surface area contributed by atoms with Crippen molar-refractivity contribution in [3.63, 3.8) is 0 Å². The van der Waals surface area contributed by atoms with Gasteiger partial charge in [0.05, 0.1) is 7.11 Å². The molecule has 1 fully saturated rings. The van der Waals surface area contributed by atoms with E-state index in [0.29, 0.717) is 12.5 Å². The van der Waals surface area contributed by atoms with E-state index in [2.05, 4.69) is 17.1 Å². The number of benzene rings is 1. The van der Waals surface area contributed by atoms with Crippen molar-refractivity contribution < 1.29 is 9.53 Å².